The second-order valence-corrected chi connectivity index (χ2v) is 5.44. The van der Waals surface area contributed by atoms with Crippen LogP contribution in [0.5, 0.6) is 5.75 Å². The molecule has 0 aliphatic carbocycles. The number of Topliss-reactive ketones (excluding diaryl/α,β-unsaturated/α-hetero) is 1. The Labute approximate surface area is 140 Å². The summed E-state index contributed by atoms with van der Waals surface area (Å²) in [5.74, 6) is 0.323. The molecule has 24 heavy (non-hydrogen) atoms. The Balaban J connectivity index is 1.97. The molecule has 1 N–H and O–H groups in total. The van der Waals surface area contributed by atoms with Crippen LogP contribution in [-0.2, 0) is 0 Å². The van der Waals surface area contributed by atoms with E-state index < -0.39 is 12.0 Å². The molecule has 0 saturated carbocycles. The van der Waals surface area contributed by atoms with Crippen molar-refractivity contribution in [1.82, 2.24) is 0 Å². The molecule has 0 radical (unpaired) electrons. The van der Waals surface area contributed by atoms with Crippen LogP contribution in [0.4, 0.5) is 0 Å². The molecule has 0 bridgehead atoms. The Bertz CT molecular complexity index is 776. The molecule has 0 spiro atoms. The average Bonchev–Trinajstić information content (AvgIpc) is 3.16. The van der Waals surface area contributed by atoms with Gasteiger partial charge < -0.3 is 14.3 Å². The summed E-state index contributed by atoms with van der Waals surface area (Å²) in [4.78, 5) is 12.7. The molecule has 0 aliphatic heterocycles. The van der Waals surface area contributed by atoms with E-state index in [4.69, 9.17) is 9.15 Å². The SMILES string of the molecule is COc1ccc(C(c2ccco2)C(O)C(=O)c2ccccc2)cc1. The van der Waals surface area contributed by atoms with Crippen molar-refractivity contribution in [2.75, 3.05) is 7.11 Å². The van der Waals surface area contributed by atoms with Crippen molar-refractivity contribution in [2.45, 2.75) is 12.0 Å². The van der Waals surface area contributed by atoms with E-state index in [-0.39, 0.29) is 5.78 Å². The summed E-state index contributed by atoms with van der Waals surface area (Å²) >= 11 is 0. The number of rotatable bonds is 6. The average molecular weight is 322 g/mol. The molecule has 122 valence electrons. The van der Waals surface area contributed by atoms with Crippen molar-refractivity contribution in [3.05, 3.63) is 89.9 Å². The van der Waals surface area contributed by atoms with E-state index in [0.29, 0.717) is 17.1 Å². The lowest BCUT2D eigenvalue weighted by Gasteiger charge is -2.21. The zero-order valence-electron chi connectivity index (χ0n) is 13.3. The van der Waals surface area contributed by atoms with Crippen LogP contribution in [0.25, 0.3) is 0 Å². The highest BCUT2D eigenvalue weighted by Gasteiger charge is 2.31. The van der Waals surface area contributed by atoms with Crippen LogP contribution in [0.3, 0.4) is 0 Å². The molecular formula is C20H18O4. The van der Waals surface area contributed by atoms with E-state index in [0.717, 1.165) is 5.56 Å². The normalized spacial score (nSPS) is 13.2. The number of ether oxygens (including phenoxy) is 1. The van der Waals surface area contributed by atoms with Crippen LogP contribution < -0.4 is 4.74 Å². The van der Waals surface area contributed by atoms with Crippen LogP contribution in [0.15, 0.2) is 77.4 Å². The summed E-state index contributed by atoms with van der Waals surface area (Å²) in [5, 5.41) is 10.7. The zero-order valence-corrected chi connectivity index (χ0v) is 13.3. The number of benzene rings is 2. The van der Waals surface area contributed by atoms with Crippen LogP contribution in [0, 0.1) is 0 Å². The largest absolute Gasteiger partial charge is 0.497 e. The number of carbonyl (C=O) groups is 1. The number of ketones is 1. The van der Waals surface area contributed by atoms with Crippen molar-refractivity contribution in [3.8, 4) is 5.75 Å². The fraction of sp³-hybridized carbons (Fsp3) is 0.150. The molecule has 4 heteroatoms. The van der Waals surface area contributed by atoms with Crippen LogP contribution in [0.2, 0.25) is 0 Å². The number of aliphatic hydroxyl groups excluding tert-OH is 1. The summed E-state index contributed by atoms with van der Waals surface area (Å²) in [7, 11) is 1.59. The van der Waals surface area contributed by atoms with Crippen molar-refractivity contribution in [1.29, 1.82) is 0 Å². The van der Waals surface area contributed by atoms with Gasteiger partial charge in [0.2, 0.25) is 0 Å². The van der Waals surface area contributed by atoms with Gasteiger partial charge in [-0.15, -0.1) is 0 Å². The molecule has 2 aromatic carbocycles. The first kappa shape index (κ1) is 16.0. The number of furan rings is 1. The van der Waals surface area contributed by atoms with Crippen molar-refractivity contribution in [2.24, 2.45) is 0 Å². The lowest BCUT2D eigenvalue weighted by Crippen LogP contribution is -2.28. The highest BCUT2D eigenvalue weighted by Crippen LogP contribution is 2.31. The monoisotopic (exact) mass is 322 g/mol. The number of hydrogen-bond donors (Lipinski definition) is 1. The van der Waals surface area contributed by atoms with Crippen LogP contribution in [0.1, 0.15) is 27.6 Å². The van der Waals surface area contributed by atoms with Gasteiger partial charge in [0.05, 0.1) is 19.3 Å². The van der Waals surface area contributed by atoms with Gasteiger partial charge in [0.15, 0.2) is 5.78 Å². The third kappa shape index (κ3) is 3.24. The minimum Gasteiger partial charge on any atom is -0.497 e. The van der Waals surface area contributed by atoms with Crippen molar-refractivity contribution < 1.29 is 19.1 Å². The third-order valence-corrected chi connectivity index (χ3v) is 3.97. The zero-order chi connectivity index (χ0) is 16.9. The molecule has 0 saturated heterocycles. The molecule has 2 atom stereocenters. The summed E-state index contributed by atoms with van der Waals surface area (Å²) in [6.45, 7) is 0. The topological polar surface area (TPSA) is 59.7 Å². The van der Waals surface area contributed by atoms with E-state index in [1.165, 1.54) is 6.26 Å². The van der Waals surface area contributed by atoms with E-state index in [1.807, 2.05) is 18.2 Å². The lowest BCUT2D eigenvalue weighted by atomic mass is 9.87. The highest BCUT2D eigenvalue weighted by atomic mass is 16.5. The van der Waals surface area contributed by atoms with Gasteiger partial charge in [-0.3, -0.25) is 4.79 Å². The molecule has 0 amide bonds. The fourth-order valence-corrected chi connectivity index (χ4v) is 2.71. The number of methoxy groups -OCH3 is 1. The first-order valence-electron chi connectivity index (χ1n) is 7.65. The van der Waals surface area contributed by atoms with Crippen LogP contribution in [-0.4, -0.2) is 24.1 Å². The summed E-state index contributed by atoms with van der Waals surface area (Å²) in [5.41, 5.74) is 1.25. The molecule has 1 heterocycles. The van der Waals surface area contributed by atoms with Crippen molar-refractivity contribution in [3.63, 3.8) is 0 Å². The predicted molar refractivity (Wildman–Crippen MR) is 90.3 cm³/mol. The van der Waals surface area contributed by atoms with Gasteiger partial charge in [0.1, 0.15) is 17.6 Å². The minimum atomic E-state index is -1.24. The maximum atomic E-state index is 12.7. The third-order valence-electron chi connectivity index (χ3n) is 3.97. The maximum Gasteiger partial charge on any atom is 0.192 e. The second kappa shape index (κ2) is 7.15. The lowest BCUT2D eigenvalue weighted by molar-refractivity contribution is 0.0700. The maximum absolute atomic E-state index is 12.7. The number of hydrogen-bond acceptors (Lipinski definition) is 4. The Morgan fingerprint density at radius 2 is 1.71 bits per heavy atom. The summed E-state index contributed by atoms with van der Waals surface area (Å²) in [6, 6.07) is 19.5. The molecule has 4 nitrogen and oxygen atoms in total. The minimum absolute atomic E-state index is 0.340. The van der Waals surface area contributed by atoms with E-state index in [1.54, 1.807) is 55.6 Å². The van der Waals surface area contributed by atoms with Gasteiger partial charge in [0.25, 0.3) is 0 Å². The number of carbonyl (C=O) groups excluding carboxylic acids is 1. The van der Waals surface area contributed by atoms with E-state index in [2.05, 4.69) is 0 Å². The molecule has 3 rings (SSSR count). The Kier molecular flexibility index (Phi) is 4.77. The van der Waals surface area contributed by atoms with Crippen LogP contribution >= 0.6 is 0 Å². The Hall–Kier alpha value is -2.85. The van der Waals surface area contributed by atoms with Gasteiger partial charge in [0, 0.05) is 5.56 Å². The Morgan fingerprint density at radius 3 is 2.29 bits per heavy atom. The Morgan fingerprint density at radius 1 is 1.00 bits per heavy atom. The van der Waals surface area contributed by atoms with Crippen molar-refractivity contribution >= 4 is 5.78 Å². The smallest absolute Gasteiger partial charge is 0.192 e. The summed E-state index contributed by atoms with van der Waals surface area (Å²) < 4.78 is 10.6. The molecule has 3 aromatic rings. The van der Waals surface area contributed by atoms with E-state index >= 15 is 0 Å². The van der Waals surface area contributed by atoms with Gasteiger partial charge in [-0.25, -0.2) is 0 Å². The molecule has 0 fully saturated rings. The number of aliphatic hydroxyl groups is 1. The molecule has 0 aliphatic rings. The standard InChI is InChI=1S/C20H18O4/c1-23-16-11-9-14(10-12-16)18(17-8-5-13-24-17)20(22)19(21)15-6-3-2-4-7-15/h2-13,18,20,22H,1H3. The summed E-state index contributed by atoms with van der Waals surface area (Å²) in [6.07, 6.45) is 0.290. The fourth-order valence-electron chi connectivity index (χ4n) is 2.71. The first-order valence-corrected chi connectivity index (χ1v) is 7.65. The molecule has 2 unspecified atom stereocenters. The second-order valence-electron chi connectivity index (χ2n) is 5.44. The molecular weight excluding hydrogens is 304 g/mol. The van der Waals surface area contributed by atoms with Gasteiger partial charge in [-0.1, -0.05) is 42.5 Å². The molecule has 1 aromatic heterocycles. The first-order chi connectivity index (χ1) is 11.7. The van der Waals surface area contributed by atoms with Gasteiger partial charge in [-0.05, 0) is 29.8 Å². The van der Waals surface area contributed by atoms with Gasteiger partial charge >= 0.3 is 0 Å². The highest BCUT2D eigenvalue weighted by molar-refractivity contribution is 6.00. The van der Waals surface area contributed by atoms with Gasteiger partial charge in [-0.2, -0.15) is 0 Å². The van der Waals surface area contributed by atoms with E-state index in [9.17, 15) is 9.90 Å². The predicted octanol–water partition coefficient (Wildman–Crippen LogP) is 3.66. The quantitative estimate of drug-likeness (QED) is 0.704.